The second-order valence-corrected chi connectivity index (χ2v) is 9.13. The number of aryl methyl sites for hydroxylation is 1. The minimum Gasteiger partial charge on any atom is -0.483 e. The third-order valence-corrected chi connectivity index (χ3v) is 6.74. The lowest BCUT2D eigenvalue weighted by molar-refractivity contribution is -0.133. The van der Waals surface area contributed by atoms with Gasteiger partial charge < -0.3 is 19.1 Å². The number of piperazine rings is 1. The first-order valence-electron chi connectivity index (χ1n) is 11.4. The number of halogens is 1. The zero-order valence-electron chi connectivity index (χ0n) is 18.7. The molecule has 0 atom stereocenters. The minimum atomic E-state index is -0.00118. The Morgan fingerprint density at radius 1 is 1.12 bits per heavy atom. The van der Waals surface area contributed by atoms with Crippen molar-refractivity contribution in [2.45, 2.75) is 32.1 Å². The van der Waals surface area contributed by atoms with Crippen LogP contribution in [-0.4, -0.2) is 53.7 Å². The van der Waals surface area contributed by atoms with E-state index in [1.54, 1.807) is 12.1 Å². The van der Waals surface area contributed by atoms with Gasteiger partial charge in [0.15, 0.2) is 6.61 Å². The number of aromatic nitrogens is 2. The molecule has 1 amide bonds. The number of nitrogens with zero attached hydrogens (tertiary/aromatic N) is 4. The van der Waals surface area contributed by atoms with Crippen LogP contribution in [0.4, 0.5) is 5.69 Å². The number of rotatable bonds is 6. The summed E-state index contributed by atoms with van der Waals surface area (Å²) >= 11 is 5.98. The summed E-state index contributed by atoms with van der Waals surface area (Å²) < 4.78 is 11.2. The predicted molar refractivity (Wildman–Crippen MR) is 127 cm³/mol. The second kappa shape index (κ2) is 9.43. The summed E-state index contributed by atoms with van der Waals surface area (Å²) in [6.07, 6.45) is 3.52. The summed E-state index contributed by atoms with van der Waals surface area (Å²) in [5, 5.41) is 4.81. The lowest BCUT2D eigenvalue weighted by Crippen LogP contribution is -2.50. The van der Waals surface area contributed by atoms with E-state index in [0.717, 1.165) is 48.6 Å². The molecular formula is C25H27ClN4O3. The fourth-order valence-corrected chi connectivity index (χ4v) is 4.44. The molecule has 172 valence electrons. The van der Waals surface area contributed by atoms with Gasteiger partial charge in [-0.05, 0) is 67.8 Å². The van der Waals surface area contributed by atoms with E-state index in [1.807, 2.05) is 30.0 Å². The maximum Gasteiger partial charge on any atom is 0.260 e. The molecule has 2 aliphatic rings. The van der Waals surface area contributed by atoms with E-state index in [1.165, 1.54) is 6.42 Å². The predicted octanol–water partition coefficient (Wildman–Crippen LogP) is 4.69. The normalized spacial score (nSPS) is 16.5. The molecule has 1 aliphatic carbocycles. The molecule has 33 heavy (non-hydrogen) atoms. The molecule has 1 aliphatic heterocycles. The van der Waals surface area contributed by atoms with Gasteiger partial charge >= 0.3 is 0 Å². The van der Waals surface area contributed by atoms with E-state index in [9.17, 15) is 4.79 Å². The molecule has 3 aromatic rings. The molecular weight excluding hydrogens is 440 g/mol. The van der Waals surface area contributed by atoms with Crippen LogP contribution < -0.4 is 9.64 Å². The van der Waals surface area contributed by atoms with E-state index >= 15 is 0 Å². The summed E-state index contributed by atoms with van der Waals surface area (Å²) in [6.45, 7) is 4.84. The molecule has 0 radical (unpaired) electrons. The van der Waals surface area contributed by atoms with Crippen molar-refractivity contribution in [1.82, 2.24) is 15.0 Å². The van der Waals surface area contributed by atoms with Gasteiger partial charge in [0.1, 0.15) is 5.75 Å². The molecule has 0 unspecified atom stereocenters. The number of ether oxygens (including phenoxy) is 1. The minimum absolute atomic E-state index is 0.00118. The van der Waals surface area contributed by atoms with Gasteiger partial charge in [-0.1, -0.05) is 23.2 Å². The second-order valence-electron chi connectivity index (χ2n) is 8.70. The van der Waals surface area contributed by atoms with Crippen molar-refractivity contribution in [3.63, 3.8) is 0 Å². The van der Waals surface area contributed by atoms with Gasteiger partial charge in [-0.2, -0.15) is 4.98 Å². The van der Waals surface area contributed by atoms with Crippen LogP contribution in [0.3, 0.4) is 0 Å². The highest BCUT2D eigenvalue weighted by Crippen LogP contribution is 2.36. The maximum absolute atomic E-state index is 12.6. The van der Waals surface area contributed by atoms with Gasteiger partial charge in [-0.25, -0.2) is 0 Å². The summed E-state index contributed by atoms with van der Waals surface area (Å²) in [5.41, 5.74) is 3.00. The summed E-state index contributed by atoms with van der Waals surface area (Å²) in [7, 11) is 0. The molecule has 0 spiro atoms. The maximum atomic E-state index is 12.6. The molecule has 7 nitrogen and oxygen atoms in total. The number of carbonyl (C=O) groups excluding carboxylic acids is 1. The largest absolute Gasteiger partial charge is 0.483 e. The zero-order valence-corrected chi connectivity index (χ0v) is 19.4. The third-order valence-electron chi connectivity index (χ3n) is 6.51. The topological polar surface area (TPSA) is 71.7 Å². The van der Waals surface area contributed by atoms with Crippen molar-refractivity contribution < 1.29 is 14.1 Å². The van der Waals surface area contributed by atoms with Crippen molar-refractivity contribution in [3.8, 4) is 17.1 Å². The summed E-state index contributed by atoms with van der Waals surface area (Å²) in [4.78, 5) is 21.3. The smallest absolute Gasteiger partial charge is 0.260 e. The van der Waals surface area contributed by atoms with Crippen molar-refractivity contribution in [2.75, 3.05) is 37.7 Å². The Kier molecular flexibility index (Phi) is 6.22. The van der Waals surface area contributed by atoms with Gasteiger partial charge in [-0.3, -0.25) is 4.79 Å². The molecule has 5 rings (SSSR count). The van der Waals surface area contributed by atoms with E-state index in [0.29, 0.717) is 35.6 Å². The standard InChI is InChI=1S/C25H27ClN4O3/c1-17-15-20(26)7-10-22(17)32-16-23(31)30-13-11-29(12-14-30)21-8-5-18(6-9-21)24-27-25(33-28-24)19-3-2-4-19/h5-10,15,19H,2-4,11-14,16H2,1H3. The van der Waals surface area contributed by atoms with Gasteiger partial charge in [0, 0.05) is 48.4 Å². The van der Waals surface area contributed by atoms with Crippen molar-refractivity contribution in [1.29, 1.82) is 0 Å². The highest BCUT2D eigenvalue weighted by atomic mass is 35.5. The molecule has 2 aromatic carbocycles. The Morgan fingerprint density at radius 2 is 1.88 bits per heavy atom. The monoisotopic (exact) mass is 466 g/mol. The SMILES string of the molecule is Cc1cc(Cl)ccc1OCC(=O)N1CCN(c2ccc(-c3noc(C4CCC4)n3)cc2)CC1. The third kappa shape index (κ3) is 4.83. The quantitative estimate of drug-likeness (QED) is 0.524. The van der Waals surface area contributed by atoms with E-state index < -0.39 is 0 Å². The number of amides is 1. The molecule has 2 heterocycles. The van der Waals surface area contributed by atoms with Crippen molar-refractivity contribution >= 4 is 23.2 Å². The van der Waals surface area contributed by atoms with Crippen LogP contribution >= 0.6 is 11.6 Å². The number of hydrogen-bond acceptors (Lipinski definition) is 6. The van der Waals surface area contributed by atoms with Crippen LogP contribution in [0, 0.1) is 6.92 Å². The molecule has 1 saturated heterocycles. The Labute approximate surface area is 198 Å². The number of hydrogen-bond donors (Lipinski definition) is 0. The van der Waals surface area contributed by atoms with E-state index in [2.05, 4.69) is 27.2 Å². The first-order chi connectivity index (χ1) is 16.1. The average Bonchev–Trinajstić information content (AvgIpc) is 3.27. The number of carbonyl (C=O) groups is 1. The Morgan fingerprint density at radius 3 is 2.55 bits per heavy atom. The van der Waals surface area contributed by atoms with E-state index in [4.69, 9.17) is 20.9 Å². The number of anilines is 1. The summed E-state index contributed by atoms with van der Waals surface area (Å²) in [6, 6.07) is 13.6. The van der Waals surface area contributed by atoms with Gasteiger partial charge in [0.2, 0.25) is 11.7 Å². The molecule has 1 aromatic heterocycles. The highest BCUT2D eigenvalue weighted by Gasteiger charge is 2.26. The van der Waals surface area contributed by atoms with Gasteiger partial charge in [0.05, 0.1) is 0 Å². The fraction of sp³-hybridized carbons (Fsp3) is 0.400. The lowest BCUT2D eigenvalue weighted by Gasteiger charge is -2.36. The van der Waals surface area contributed by atoms with Crippen LogP contribution in [0.1, 0.15) is 36.6 Å². The van der Waals surface area contributed by atoms with Crippen molar-refractivity contribution in [2.24, 2.45) is 0 Å². The first kappa shape index (κ1) is 21.8. The highest BCUT2D eigenvalue weighted by molar-refractivity contribution is 6.30. The molecule has 8 heteroatoms. The number of benzene rings is 2. The van der Waals surface area contributed by atoms with Crippen LogP contribution in [0.2, 0.25) is 5.02 Å². The Hall–Kier alpha value is -3.06. The Bertz CT molecular complexity index is 1120. The van der Waals surface area contributed by atoms with Crippen molar-refractivity contribution in [3.05, 3.63) is 58.9 Å². The average molecular weight is 467 g/mol. The van der Waals surface area contributed by atoms with Crippen LogP contribution in [0.15, 0.2) is 47.0 Å². The Balaban J connectivity index is 1.13. The van der Waals surface area contributed by atoms with Gasteiger partial charge in [0.25, 0.3) is 5.91 Å². The van der Waals surface area contributed by atoms with E-state index in [-0.39, 0.29) is 12.5 Å². The van der Waals surface area contributed by atoms with Gasteiger partial charge in [-0.15, -0.1) is 0 Å². The molecule has 0 bridgehead atoms. The lowest BCUT2D eigenvalue weighted by atomic mass is 9.85. The molecule has 2 fully saturated rings. The van der Waals surface area contributed by atoms with Crippen LogP contribution in [-0.2, 0) is 4.79 Å². The summed E-state index contributed by atoms with van der Waals surface area (Å²) in [5.74, 6) is 2.53. The zero-order chi connectivity index (χ0) is 22.8. The van der Waals surface area contributed by atoms with Crippen LogP contribution in [0.5, 0.6) is 5.75 Å². The first-order valence-corrected chi connectivity index (χ1v) is 11.8. The fourth-order valence-electron chi connectivity index (χ4n) is 4.21. The molecule has 1 saturated carbocycles. The van der Waals surface area contributed by atoms with Crippen LogP contribution in [0.25, 0.3) is 11.4 Å². The molecule has 0 N–H and O–H groups in total.